The molecule has 0 aliphatic rings. The molecule has 1 aromatic carbocycles. The van der Waals surface area contributed by atoms with Crippen molar-refractivity contribution in [3.8, 4) is 0 Å². The van der Waals surface area contributed by atoms with Gasteiger partial charge in [-0.1, -0.05) is 58.2 Å². The third-order valence-electron chi connectivity index (χ3n) is 2.40. The quantitative estimate of drug-likeness (QED) is 0.754. The lowest BCUT2D eigenvalue weighted by Gasteiger charge is -2.20. The van der Waals surface area contributed by atoms with Gasteiger partial charge in [-0.2, -0.15) is 0 Å². The monoisotopic (exact) mass is 216 g/mol. The standard InChI is InChI=1S/C15H20O/c1-11-8-6-7-9-13(11)14(12(2)16)10-15(3,4)5/h6-9,16H,1-2,10H2,3-5H3/b14-13-. The van der Waals surface area contributed by atoms with Crippen LogP contribution in [-0.2, 0) is 0 Å². The van der Waals surface area contributed by atoms with Crippen LogP contribution >= 0.6 is 0 Å². The molecule has 0 aromatic heterocycles. The van der Waals surface area contributed by atoms with Crippen LogP contribution in [0.3, 0.4) is 0 Å². The van der Waals surface area contributed by atoms with Gasteiger partial charge in [0.2, 0.25) is 0 Å². The Morgan fingerprint density at radius 3 is 2.25 bits per heavy atom. The van der Waals surface area contributed by atoms with Crippen molar-refractivity contribution in [2.24, 2.45) is 5.41 Å². The minimum Gasteiger partial charge on any atom is -0.508 e. The molecule has 0 bridgehead atoms. The van der Waals surface area contributed by atoms with E-state index < -0.39 is 0 Å². The van der Waals surface area contributed by atoms with Gasteiger partial charge in [0.25, 0.3) is 0 Å². The van der Waals surface area contributed by atoms with Crippen LogP contribution in [0.25, 0.3) is 12.2 Å². The van der Waals surface area contributed by atoms with Gasteiger partial charge in [-0.05, 0) is 22.3 Å². The molecule has 0 atom stereocenters. The maximum atomic E-state index is 9.69. The molecule has 0 unspecified atom stereocenters. The Bertz CT molecular complexity index is 489. The van der Waals surface area contributed by atoms with Crippen molar-refractivity contribution in [1.82, 2.24) is 0 Å². The van der Waals surface area contributed by atoms with E-state index >= 15 is 0 Å². The van der Waals surface area contributed by atoms with Crippen molar-refractivity contribution in [3.05, 3.63) is 47.0 Å². The number of rotatable bonds is 2. The van der Waals surface area contributed by atoms with Crippen molar-refractivity contribution < 1.29 is 5.11 Å². The molecule has 0 amide bonds. The van der Waals surface area contributed by atoms with Gasteiger partial charge < -0.3 is 5.11 Å². The van der Waals surface area contributed by atoms with Gasteiger partial charge in [-0.25, -0.2) is 0 Å². The summed E-state index contributed by atoms with van der Waals surface area (Å²) >= 11 is 0. The van der Waals surface area contributed by atoms with Crippen molar-refractivity contribution in [2.75, 3.05) is 0 Å². The van der Waals surface area contributed by atoms with Crippen molar-refractivity contribution in [2.45, 2.75) is 27.2 Å². The summed E-state index contributed by atoms with van der Waals surface area (Å²) in [4.78, 5) is 0. The summed E-state index contributed by atoms with van der Waals surface area (Å²) in [5.74, 6) is 0.144. The van der Waals surface area contributed by atoms with E-state index in [4.69, 9.17) is 0 Å². The van der Waals surface area contributed by atoms with Gasteiger partial charge in [0.15, 0.2) is 0 Å². The fraction of sp³-hybridized carbons (Fsp3) is 0.333. The highest BCUT2D eigenvalue weighted by atomic mass is 16.3. The Kier molecular flexibility index (Phi) is 3.58. The number of hydrogen-bond acceptors (Lipinski definition) is 1. The fourth-order valence-electron chi connectivity index (χ4n) is 1.70. The molecule has 86 valence electrons. The molecule has 1 rings (SSSR count). The first-order valence-electron chi connectivity index (χ1n) is 5.47. The number of aliphatic hydroxyl groups excluding tert-OH is 1. The summed E-state index contributed by atoms with van der Waals surface area (Å²) in [5.41, 5.74) is 1.00. The molecule has 16 heavy (non-hydrogen) atoms. The molecule has 0 spiro atoms. The van der Waals surface area contributed by atoms with E-state index in [2.05, 4.69) is 33.9 Å². The fourth-order valence-corrected chi connectivity index (χ4v) is 1.70. The van der Waals surface area contributed by atoms with Crippen LogP contribution in [0.15, 0.2) is 36.6 Å². The minimum atomic E-state index is 0.114. The van der Waals surface area contributed by atoms with E-state index in [1.807, 2.05) is 24.3 Å². The zero-order chi connectivity index (χ0) is 12.3. The third-order valence-corrected chi connectivity index (χ3v) is 2.40. The average Bonchev–Trinajstić information content (AvgIpc) is 2.13. The van der Waals surface area contributed by atoms with Gasteiger partial charge >= 0.3 is 0 Å². The summed E-state index contributed by atoms with van der Waals surface area (Å²) in [5, 5.41) is 11.6. The number of benzene rings is 1. The topological polar surface area (TPSA) is 20.2 Å². The Morgan fingerprint density at radius 2 is 1.81 bits per heavy atom. The predicted molar refractivity (Wildman–Crippen MR) is 70.5 cm³/mol. The van der Waals surface area contributed by atoms with E-state index in [0.717, 1.165) is 22.4 Å². The highest BCUT2D eigenvalue weighted by molar-refractivity contribution is 5.60. The first kappa shape index (κ1) is 12.6. The average molecular weight is 216 g/mol. The molecule has 0 fully saturated rings. The van der Waals surface area contributed by atoms with Gasteiger partial charge in [0.1, 0.15) is 5.76 Å². The van der Waals surface area contributed by atoms with Gasteiger partial charge in [-0.15, -0.1) is 0 Å². The van der Waals surface area contributed by atoms with Crippen molar-refractivity contribution in [3.63, 3.8) is 0 Å². The summed E-state index contributed by atoms with van der Waals surface area (Å²) in [6.45, 7) is 14.1. The summed E-state index contributed by atoms with van der Waals surface area (Å²) in [6.07, 6.45) is 0.787. The molecule has 0 heterocycles. The van der Waals surface area contributed by atoms with E-state index in [-0.39, 0.29) is 11.2 Å². The molecule has 0 radical (unpaired) electrons. The molecule has 0 aliphatic carbocycles. The summed E-state index contributed by atoms with van der Waals surface area (Å²) < 4.78 is 0. The Labute approximate surface area is 97.4 Å². The highest BCUT2D eigenvalue weighted by Gasteiger charge is 2.15. The molecule has 0 aliphatic heterocycles. The number of allylic oxidation sites excluding steroid dienone is 1. The maximum Gasteiger partial charge on any atom is 0.112 e. The van der Waals surface area contributed by atoms with E-state index in [0.29, 0.717) is 0 Å². The van der Waals surface area contributed by atoms with Crippen LogP contribution in [0.4, 0.5) is 0 Å². The van der Waals surface area contributed by atoms with Crippen LogP contribution in [-0.4, -0.2) is 5.11 Å². The first-order chi connectivity index (χ1) is 7.31. The largest absolute Gasteiger partial charge is 0.508 e. The third kappa shape index (κ3) is 3.27. The van der Waals surface area contributed by atoms with E-state index in [9.17, 15) is 5.11 Å². The molecule has 1 N–H and O–H groups in total. The van der Waals surface area contributed by atoms with Crippen LogP contribution in [0, 0.1) is 5.41 Å². The molecule has 1 heteroatoms. The van der Waals surface area contributed by atoms with Crippen LogP contribution in [0.1, 0.15) is 27.2 Å². The lowest BCUT2D eigenvalue weighted by molar-refractivity contribution is 0.396. The Hall–Kier alpha value is -1.50. The second-order valence-electron chi connectivity index (χ2n) is 5.32. The first-order valence-corrected chi connectivity index (χ1v) is 5.47. The number of aliphatic hydroxyl groups is 1. The lowest BCUT2D eigenvalue weighted by atomic mass is 9.86. The normalized spacial score (nSPS) is 13.4. The summed E-state index contributed by atoms with van der Waals surface area (Å²) in [7, 11) is 0. The molecule has 0 saturated heterocycles. The molecule has 1 nitrogen and oxygen atoms in total. The minimum absolute atomic E-state index is 0.114. The van der Waals surface area contributed by atoms with Crippen LogP contribution < -0.4 is 10.4 Å². The molecule has 0 saturated carbocycles. The van der Waals surface area contributed by atoms with Crippen molar-refractivity contribution in [1.29, 1.82) is 0 Å². The smallest absolute Gasteiger partial charge is 0.112 e. The second-order valence-corrected chi connectivity index (χ2v) is 5.32. The van der Waals surface area contributed by atoms with Crippen LogP contribution in [0.5, 0.6) is 0 Å². The number of hydrogen-bond donors (Lipinski definition) is 1. The summed E-state index contributed by atoms with van der Waals surface area (Å²) in [6, 6.07) is 7.82. The molecule has 1 aromatic rings. The van der Waals surface area contributed by atoms with Crippen LogP contribution in [0.2, 0.25) is 0 Å². The van der Waals surface area contributed by atoms with Gasteiger partial charge in [0, 0.05) is 5.57 Å². The van der Waals surface area contributed by atoms with Crippen molar-refractivity contribution >= 4 is 12.2 Å². The zero-order valence-electron chi connectivity index (χ0n) is 10.4. The Balaban J connectivity index is 3.44. The lowest BCUT2D eigenvalue weighted by Crippen LogP contribution is -2.27. The molecular formula is C15H20O. The van der Waals surface area contributed by atoms with E-state index in [1.165, 1.54) is 0 Å². The SMILES string of the molecule is C=C(O)/C(CC(C)(C)C)=c1/ccccc1=C. The zero-order valence-corrected chi connectivity index (χ0v) is 10.4. The maximum absolute atomic E-state index is 9.69. The predicted octanol–water partition coefficient (Wildman–Crippen LogP) is 2.76. The van der Waals surface area contributed by atoms with E-state index in [1.54, 1.807) is 0 Å². The second kappa shape index (κ2) is 4.56. The van der Waals surface area contributed by atoms with Gasteiger partial charge in [-0.3, -0.25) is 0 Å². The Morgan fingerprint density at radius 1 is 1.25 bits per heavy atom. The van der Waals surface area contributed by atoms with Gasteiger partial charge in [0.05, 0.1) is 0 Å². The molecular weight excluding hydrogens is 196 g/mol. The highest BCUT2D eigenvalue weighted by Crippen LogP contribution is 2.26.